The van der Waals surface area contributed by atoms with Gasteiger partial charge in [-0.05, 0) is 40.0 Å². The predicted molar refractivity (Wildman–Crippen MR) is 61.7 cm³/mol. The molecule has 2 aromatic rings. The standard InChI is InChI=1S/C10H11BrN4O/c1-6-5-12-4-3-7(6)9(16)8-10(11)13-14-15(8)2/h3-5,9,16H,1-2H3. The van der Waals surface area contributed by atoms with Crippen LogP contribution >= 0.6 is 15.9 Å². The normalized spacial score (nSPS) is 12.8. The molecule has 0 bridgehead atoms. The predicted octanol–water partition coefficient (Wildman–Crippen LogP) is 1.36. The van der Waals surface area contributed by atoms with E-state index in [-0.39, 0.29) is 0 Å². The molecular formula is C10H11BrN4O. The van der Waals surface area contributed by atoms with Gasteiger partial charge in [0.1, 0.15) is 11.8 Å². The first-order valence-electron chi connectivity index (χ1n) is 4.75. The van der Waals surface area contributed by atoms with E-state index in [9.17, 15) is 5.11 Å². The summed E-state index contributed by atoms with van der Waals surface area (Å²) in [6.07, 6.45) is 2.62. The van der Waals surface area contributed by atoms with Gasteiger partial charge in [-0.15, -0.1) is 5.10 Å². The number of nitrogens with zero attached hydrogens (tertiary/aromatic N) is 4. The van der Waals surface area contributed by atoms with Crippen molar-refractivity contribution in [3.63, 3.8) is 0 Å². The minimum absolute atomic E-state index is 0.554. The summed E-state index contributed by atoms with van der Waals surface area (Å²) < 4.78 is 2.10. The molecule has 2 rings (SSSR count). The highest BCUT2D eigenvalue weighted by molar-refractivity contribution is 9.10. The van der Waals surface area contributed by atoms with E-state index >= 15 is 0 Å². The number of aliphatic hydroxyl groups excluding tert-OH is 1. The maximum Gasteiger partial charge on any atom is 0.154 e. The second kappa shape index (κ2) is 4.31. The summed E-state index contributed by atoms with van der Waals surface area (Å²) in [4.78, 5) is 3.99. The molecule has 1 unspecified atom stereocenters. The van der Waals surface area contributed by atoms with Crippen molar-refractivity contribution in [3.8, 4) is 0 Å². The Morgan fingerprint density at radius 2 is 2.25 bits per heavy atom. The fraction of sp³-hybridized carbons (Fsp3) is 0.300. The maximum atomic E-state index is 10.3. The average molecular weight is 283 g/mol. The minimum atomic E-state index is -0.752. The van der Waals surface area contributed by atoms with Gasteiger partial charge in [-0.2, -0.15) is 0 Å². The summed E-state index contributed by atoms with van der Waals surface area (Å²) in [5.41, 5.74) is 2.37. The third-order valence-corrected chi connectivity index (χ3v) is 3.01. The van der Waals surface area contributed by atoms with Crippen molar-refractivity contribution in [1.82, 2.24) is 20.0 Å². The molecule has 0 spiro atoms. The molecule has 2 aromatic heterocycles. The average Bonchev–Trinajstić information content (AvgIpc) is 2.58. The molecule has 5 nitrogen and oxygen atoms in total. The lowest BCUT2D eigenvalue weighted by atomic mass is 10.0. The molecule has 16 heavy (non-hydrogen) atoms. The highest BCUT2D eigenvalue weighted by Gasteiger charge is 2.20. The van der Waals surface area contributed by atoms with Crippen molar-refractivity contribution in [1.29, 1.82) is 0 Å². The van der Waals surface area contributed by atoms with Crippen LogP contribution < -0.4 is 0 Å². The second-order valence-corrected chi connectivity index (χ2v) is 4.28. The zero-order valence-electron chi connectivity index (χ0n) is 8.92. The summed E-state index contributed by atoms with van der Waals surface area (Å²) in [6, 6.07) is 1.79. The molecule has 0 aliphatic heterocycles. The number of hydrogen-bond acceptors (Lipinski definition) is 4. The quantitative estimate of drug-likeness (QED) is 0.904. The van der Waals surface area contributed by atoms with Crippen LogP contribution in [0.2, 0.25) is 0 Å². The molecule has 84 valence electrons. The van der Waals surface area contributed by atoms with Crippen LogP contribution in [0.4, 0.5) is 0 Å². The van der Waals surface area contributed by atoms with Gasteiger partial charge in [0.05, 0.1) is 0 Å². The molecular weight excluding hydrogens is 272 g/mol. The Bertz CT molecular complexity index is 492. The number of hydrogen-bond donors (Lipinski definition) is 1. The lowest BCUT2D eigenvalue weighted by Crippen LogP contribution is -2.08. The highest BCUT2D eigenvalue weighted by Crippen LogP contribution is 2.27. The Kier molecular flexibility index (Phi) is 3.02. The van der Waals surface area contributed by atoms with Crippen LogP contribution in [-0.2, 0) is 7.05 Å². The molecule has 0 radical (unpaired) electrons. The van der Waals surface area contributed by atoms with Crippen molar-refractivity contribution >= 4 is 15.9 Å². The van der Waals surface area contributed by atoms with E-state index in [4.69, 9.17) is 0 Å². The largest absolute Gasteiger partial charge is 0.382 e. The molecule has 0 aromatic carbocycles. The first kappa shape index (κ1) is 11.2. The van der Waals surface area contributed by atoms with Gasteiger partial charge in [0.2, 0.25) is 0 Å². The topological polar surface area (TPSA) is 63.8 Å². The molecule has 0 saturated carbocycles. The van der Waals surface area contributed by atoms with Gasteiger partial charge in [-0.3, -0.25) is 4.98 Å². The summed E-state index contributed by atoms with van der Waals surface area (Å²) in [6.45, 7) is 1.91. The summed E-state index contributed by atoms with van der Waals surface area (Å²) in [7, 11) is 1.74. The van der Waals surface area contributed by atoms with E-state index < -0.39 is 6.10 Å². The molecule has 0 amide bonds. The van der Waals surface area contributed by atoms with Gasteiger partial charge in [0.15, 0.2) is 4.60 Å². The van der Waals surface area contributed by atoms with Crippen LogP contribution in [-0.4, -0.2) is 25.1 Å². The van der Waals surface area contributed by atoms with Crippen LogP contribution in [0.1, 0.15) is 22.9 Å². The smallest absolute Gasteiger partial charge is 0.154 e. The Labute approximate surface area is 101 Å². The fourth-order valence-electron chi connectivity index (χ4n) is 1.57. The Morgan fingerprint density at radius 1 is 1.50 bits per heavy atom. The highest BCUT2D eigenvalue weighted by atomic mass is 79.9. The van der Waals surface area contributed by atoms with E-state index in [1.165, 1.54) is 0 Å². The first-order valence-corrected chi connectivity index (χ1v) is 5.54. The summed E-state index contributed by atoms with van der Waals surface area (Å²) >= 11 is 3.27. The van der Waals surface area contributed by atoms with Crippen molar-refractivity contribution < 1.29 is 5.11 Å². The van der Waals surface area contributed by atoms with Crippen molar-refractivity contribution in [2.45, 2.75) is 13.0 Å². The third-order valence-electron chi connectivity index (χ3n) is 2.44. The van der Waals surface area contributed by atoms with E-state index in [2.05, 4.69) is 31.2 Å². The molecule has 0 aliphatic carbocycles. The van der Waals surface area contributed by atoms with Gasteiger partial charge in [-0.1, -0.05) is 5.21 Å². The molecule has 0 saturated heterocycles. The molecule has 1 N–H and O–H groups in total. The van der Waals surface area contributed by atoms with Gasteiger partial charge < -0.3 is 5.11 Å². The van der Waals surface area contributed by atoms with Crippen LogP contribution in [0.25, 0.3) is 0 Å². The number of aliphatic hydroxyl groups is 1. The molecule has 0 aliphatic rings. The van der Waals surface area contributed by atoms with Crippen LogP contribution in [0.5, 0.6) is 0 Å². The molecule has 0 fully saturated rings. The summed E-state index contributed by atoms with van der Waals surface area (Å²) in [5.74, 6) is 0. The monoisotopic (exact) mass is 282 g/mol. The number of pyridine rings is 1. The van der Waals surface area contributed by atoms with Crippen LogP contribution in [0, 0.1) is 6.92 Å². The Balaban J connectivity index is 2.47. The van der Waals surface area contributed by atoms with E-state index in [0.717, 1.165) is 11.1 Å². The van der Waals surface area contributed by atoms with Crippen molar-refractivity contribution in [3.05, 3.63) is 39.9 Å². The van der Waals surface area contributed by atoms with Crippen LogP contribution in [0.15, 0.2) is 23.1 Å². The first-order chi connectivity index (χ1) is 7.61. The van der Waals surface area contributed by atoms with E-state index in [1.807, 2.05) is 6.92 Å². The van der Waals surface area contributed by atoms with Gasteiger partial charge in [0, 0.05) is 19.4 Å². The zero-order valence-corrected chi connectivity index (χ0v) is 10.5. The summed E-state index contributed by atoms with van der Waals surface area (Å²) in [5, 5.41) is 17.9. The number of aryl methyl sites for hydroxylation is 2. The van der Waals surface area contributed by atoms with Gasteiger partial charge in [0.25, 0.3) is 0 Å². The number of aromatic nitrogens is 4. The Hall–Kier alpha value is -1.27. The molecule has 2 heterocycles. The minimum Gasteiger partial charge on any atom is -0.382 e. The van der Waals surface area contributed by atoms with E-state index in [0.29, 0.717) is 10.3 Å². The number of halogens is 1. The van der Waals surface area contributed by atoms with Gasteiger partial charge >= 0.3 is 0 Å². The maximum absolute atomic E-state index is 10.3. The SMILES string of the molecule is Cc1cnccc1C(O)c1c(Br)nnn1C. The Morgan fingerprint density at radius 3 is 2.81 bits per heavy atom. The van der Waals surface area contributed by atoms with Crippen molar-refractivity contribution in [2.75, 3.05) is 0 Å². The molecule has 6 heteroatoms. The third kappa shape index (κ3) is 1.85. The number of rotatable bonds is 2. The lowest BCUT2D eigenvalue weighted by Gasteiger charge is -2.13. The van der Waals surface area contributed by atoms with Gasteiger partial charge in [-0.25, -0.2) is 4.68 Å². The molecule has 1 atom stereocenters. The van der Waals surface area contributed by atoms with Crippen LogP contribution in [0.3, 0.4) is 0 Å². The fourth-order valence-corrected chi connectivity index (χ4v) is 2.11. The second-order valence-electron chi connectivity index (χ2n) is 3.52. The van der Waals surface area contributed by atoms with Crippen molar-refractivity contribution in [2.24, 2.45) is 7.05 Å². The van der Waals surface area contributed by atoms with E-state index in [1.54, 1.807) is 30.2 Å². The lowest BCUT2D eigenvalue weighted by molar-refractivity contribution is 0.208. The zero-order chi connectivity index (χ0) is 11.7.